The molecule has 1 N–H and O–H groups in total. The summed E-state index contributed by atoms with van der Waals surface area (Å²) in [6, 6.07) is 8.94. The minimum Gasteiger partial charge on any atom is -0.508 e. The van der Waals surface area contributed by atoms with Crippen LogP contribution in [0.4, 0.5) is 11.4 Å². The van der Waals surface area contributed by atoms with Gasteiger partial charge in [-0.1, -0.05) is 12.2 Å². The normalized spacial score (nSPS) is 19.3. The van der Waals surface area contributed by atoms with E-state index in [4.69, 9.17) is 0 Å². The van der Waals surface area contributed by atoms with Crippen molar-refractivity contribution in [2.24, 2.45) is 0 Å². The van der Waals surface area contributed by atoms with Crippen molar-refractivity contribution in [2.75, 3.05) is 36.0 Å². The molecule has 0 unspecified atom stereocenters. The van der Waals surface area contributed by atoms with Gasteiger partial charge < -0.3 is 14.9 Å². The molecule has 2 aromatic carbocycles. The molecule has 4 heteroatoms. The number of ketones is 1. The van der Waals surface area contributed by atoms with E-state index in [9.17, 15) is 9.90 Å². The number of nitrogens with zero attached hydrogens (tertiary/aromatic N) is 2. The number of rotatable bonds is 5. The molecule has 0 aromatic heterocycles. The second kappa shape index (κ2) is 9.41. The summed E-state index contributed by atoms with van der Waals surface area (Å²) in [5, 5.41) is 10.4. The molecule has 4 heterocycles. The van der Waals surface area contributed by atoms with Gasteiger partial charge in [-0.2, -0.15) is 0 Å². The lowest BCUT2D eigenvalue weighted by atomic mass is 9.90. The molecule has 4 aliphatic heterocycles. The van der Waals surface area contributed by atoms with Crippen LogP contribution in [-0.4, -0.2) is 37.1 Å². The highest BCUT2D eigenvalue weighted by Gasteiger charge is 2.25. The van der Waals surface area contributed by atoms with Gasteiger partial charge in [-0.25, -0.2) is 0 Å². The maximum atomic E-state index is 12.5. The van der Waals surface area contributed by atoms with Gasteiger partial charge in [0.2, 0.25) is 0 Å². The van der Waals surface area contributed by atoms with Crippen LogP contribution in [0.1, 0.15) is 59.1 Å². The Morgan fingerprint density at radius 2 is 1.06 bits per heavy atom. The van der Waals surface area contributed by atoms with E-state index in [0.29, 0.717) is 0 Å². The number of aliphatic hydroxyl groups excluding tert-OH is 1. The van der Waals surface area contributed by atoms with Crippen molar-refractivity contribution in [1.29, 1.82) is 0 Å². The average molecular weight is 467 g/mol. The molecule has 0 aliphatic carbocycles. The molecule has 0 saturated carbocycles. The molecule has 180 valence electrons. The van der Waals surface area contributed by atoms with Gasteiger partial charge in [0, 0.05) is 43.6 Å². The van der Waals surface area contributed by atoms with Gasteiger partial charge in [0.1, 0.15) is 5.76 Å². The predicted octanol–water partition coefficient (Wildman–Crippen LogP) is 5.82. The van der Waals surface area contributed by atoms with Crippen molar-refractivity contribution in [3.8, 4) is 0 Å². The number of aliphatic hydroxyl groups is 1. The Morgan fingerprint density at radius 1 is 0.657 bits per heavy atom. The Balaban J connectivity index is 1.16. The fraction of sp³-hybridized carbons (Fsp3) is 0.387. The average Bonchev–Trinajstić information content (AvgIpc) is 2.87. The van der Waals surface area contributed by atoms with Crippen LogP contribution in [0.25, 0.3) is 12.2 Å². The number of aryl methyl sites for hydroxylation is 4. The van der Waals surface area contributed by atoms with Crippen LogP contribution < -0.4 is 9.80 Å². The predicted molar refractivity (Wildman–Crippen MR) is 144 cm³/mol. The topological polar surface area (TPSA) is 43.8 Å². The summed E-state index contributed by atoms with van der Waals surface area (Å²) in [6.07, 6.45) is 17.6. The van der Waals surface area contributed by atoms with Crippen molar-refractivity contribution in [2.45, 2.75) is 51.4 Å². The molecule has 0 atom stereocenters. The second-order valence-corrected chi connectivity index (χ2v) is 10.4. The Kier molecular flexibility index (Phi) is 5.97. The molecular formula is C31H34N2O2. The molecule has 0 bridgehead atoms. The molecular weight excluding hydrogens is 432 g/mol. The van der Waals surface area contributed by atoms with Crippen molar-refractivity contribution in [1.82, 2.24) is 0 Å². The lowest BCUT2D eigenvalue weighted by Gasteiger charge is -2.37. The molecule has 2 aromatic rings. The molecule has 0 spiro atoms. The van der Waals surface area contributed by atoms with Crippen LogP contribution in [0.15, 0.2) is 48.3 Å². The highest BCUT2D eigenvalue weighted by molar-refractivity contribution is 6.02. The van der Waals surface area contributed by atoms with Crippen LogP contribution in [0.3, 0.4) is 0 Å². The second-order valence-electron chi connectivity index (χ2n) is 10.4. The van der Waals surface area contributed by atoms with Gasteiger partial charge in [0.05, 0.1) is 0 Å². The summed E-state index contributed by atoms with van der Waals surface area (Å²) in [7, 11) is 0. The van der Waals surface area contributed by atoms with E-state index in [1.807, 2.05) is 12.2 Å². The standard InChI is InChI=1S/C31H34N2O2/c34-28(11-9-22-17-24-5-1-13-32-14-2-6-25(18-22)30(24)32)21-29(35)12-10-23-19-26-7-3-15-33-16-4-8-27(20-23)31(26)33/h9-12,17-21,34H,1-8,13-16H2/b11-9+,12-10+,28-21-. The summed E-state index contributed by atoms with van der Waals surface area (Å²) in [4.78, 5) is 17.6. The first-order chi connectivity index (χ1) is 17.1. The number of allylic oxidation sites excluding steroid dienone is 3. The first-order valence-corrected chi connectivity index (χ1v) is 13.3. The van der Waals surface area contributed by atoms with Gasteiger partial charge in [-0.05, 0) is 121 Å². The van der Waals surface area contributed by atoms with Gasteiger partial charge in [0.15, 0.2) is 5.78 Å². The van der Waals surface area contributed by atoms with Crippen LogP contribution >= 0.6 is 0 Å². The fourth-order valence-electron chi connectivity index (χ4n) is 6.46. The van der Waals surface area contributed by atoms with Crippen LogP contribution in [0.2, 0.25) is 0 Å². The van der Waals surface area contributed by atoms with Crippen molar-refractivity contribution >= 4 is 29.3 Å². The number of anilines is 2. The monoisotopic (exact) mass is 466 g/mol. The minimum absolute atomic E-state index is 0.0104. The van der Waals surface area contributed by atoms with E-state index in [2.05, 4.69) is 34.1 Å². The van der Waals surface area contributed by atoms with Crippen LogP contribution in [0.5, 0.6) is 0 Å². The van der Waals surface area contributed by atoms with Crippen molar-refractivity contribution < 1.29 is 9.90 Å². The third-order valence-corrected chi connectivity index (χ3v) is 7.89. The van der Waals surface area contributed by atoms with Gasteiger partial charge in [-0.3, -0.25) is 4.79 Å². The van der Waals surface area contributed by atoms with Crippen molar-refractivity contribution in [3.63, 3.8) is 0 Å². The number of benzene rings is 2. The van der Waals surface area contributed by atoms with E-state index < -0.39 is 0 Å². The maximum absolute atomic E-state index is 12.5. The van der Waals surface area contributed by atoms with Crippen LogP contribution in [-0.2, 0) is 30.5 Å². The maximum Gasteiger partial charge on any atom is 0.182 e. The van der Waals surface area contributed by atoms with E-state index in [0.717, 1.165) is 49.9 Å². The quantitative estimate of drug-likeness (QED) is 0.342. The summed E-state index contributed by atoms with van der Waals surface area (Å²) in [5.41, 5.74) is 10.7. The molecule has 4 nitrogen and oxygen atoms in total. The molecule has 35 heavy (non-hydrogen) atoms. The third-order valence-electron chi connectivity index (χ3n) is 7.89. The number of carbonyl (C=O) groups excluding carboxylic acids is 1. The summed E-state index contributed by atoms with van der Waals surface area (Å²) >= 11 is 0. The zero-order chi connectivity index (χ0) is 23.8. The SMILES string of the molecule is O=C(/C=C(O)/C=C/c1cc2c3c(c1)CCCN3CCC2)/C=C/c1cc2c3c(c1)CCCN3CCC2. The van der Waals surface area contributed by atoms with E-state index in [-0.39, 0.29) is 11.5 Å². The molecule has 6 rings (SSSR count). The molecule has 0 radical (unpaired) electrons. The van der Waals surface area contributed by atoms with Gasteiger partial charge in [0.25, 0.3) is 0 Å². The molecule has 0 saturated heterocycles. The Labute approximate surface area is 208 Å². The zero-order valence-electron chi connectivity index (χ0n) is 20.4. The minimum atomic E-state index is -0.198. The number of hydrogen-bond donors (Lipinski definition) is 1. The van der Waals surface area contributed by atoms with E-state index in [1.165, 1.54) is 78.5 Å². The summed E-state index contributed by atoms with van der Waals surface area (Å²) in [5.74, 6) is -0.208. The zero-order valence-corrected chi connectivity index (χ0v) is 20.4. The smallest absolute Gasteiger partial charge is 0.182 e. The number of carbonyl (C=O) groups is 1. The first-order valence-electron chi connectivity index (χ1n) is 13.3. The van der Waals surface area contributed by atoms with E-state index in [1.54, 1.807) is 12.2 Å². The Bertz CT molecular complexity index is 1190. The van der Waals surface area contributed by atoms with Gasteiger partial charge >= 0.3 is 0 Å². The van der Waals surface area contributed by atoms with Gasteiger partial charge in [-0.15, -0.1) is 0 Å². The first kappa shape index (κ1) is 22.2. The molecule has 4 aliphatic rings. The fourth-order valence-corrected chi connectivity index (χ4v) is 6.46. The molecule has 0 fully saturated rings. The lowest BCUT2D eigenvalue weighted by Crippen LogP contribution is -2.34. The highest BCUT2D eigenvalue weighted by atomic mass is 16.3. The summed E-state index contributed by atoms with van der Waals surface area (Å²) < 4.78 is 0. The van der Waals surface area contributed by atoms with Crippen LogP contribution in [0, 0.1) is 0 Å². The lowest BCUT2D eigenvalue weighted by molar-refractivity contribution is -0.110. The largest absolute Gasteiger partial charge is 0.508 e. The van der Waals surface area contributed by atoms with E-state index >= 15 is 0 Å². The highest BCUT2D eigenvalue weighted by Crippen LogP contribution is 2.37. The Morgan fingerprint density at radius 3 is 1.49 bits per heavy atom. The number of hydrogen-bond acceptors (Lipinski definition) is 4. The Hall–Kier alpha value is -3.27. The third kappa shape index (κ3) is 4.54. The molecule has 0 amide bonds. The summed E-state index contributed by atoms with van der Waals surface area (Å²) in [6.45, 7) is 4.66. The van der Waals surface area contributed by atoms with Crippen molar-refractivity contribution in [3.05, 3.63) is 81.6 Å².